The predicted octanol–water partition coefficient (Wildman–Crippen LogP) is 1.15. The highest BCUT2D eigenvalue weighted by Gasteiger charge is 2.28. The van der Waals surface area contributed by atoms with Gasteiger partial charge < -0.3 is 4.74 Å². The lowest BCUT2D eigenvalue weighted by atomic mass is 10.1. The molecule has 1 aromatic carbocycles. The first-order valence-electron chi connectivity index (χ1n) is 7.01. The molecule has 0 radical (unpaired) electrons. The first-order chi connectivity index (χ1) is 11.0. The van der Waals surface area contributed by atoms with E-state index in [4.69, 9.17) is 4.74 Å². The number of benzene rings is 1. The largest absolute Gasteiger partial charge is 0.478 e. The number of hydrogen-bond donors (Lipinski definition) is 1. The monoisotopic (exact) mass is 333 g/mol. The van der Waals surface area contributed by atoms with E-state index in [1.165, 1.54) is 0 Å². The number of H-pyrrole nitrogens is 1. The van der Waals surface area contributed by atoms with Crippen molar-refractivity contribution in [2.24, 2.45) is 4.99 Å². The van der Waals surface area contributed by atoms with Crippen molar-refractivity contribution in [1.82, 2.24) is 10.2 Å². The lowest BCUT2D eigenvalue weighted by Gasteiger charge is -2.05. The topological polar surface area (TPSA) is 101 Å². The van der Waals surface area contributed by atoms with Crippen LogP contribution in [0.3, 0.4) is 0 Å². The van der Waals surface area contributed by atoms with Crippen LogP contribution in [0, 0.1) is 6.92 Å². The number of ketones is 1. The van der Waals surface area contributed by atoms with E-state index < -0.39 is 15.6 Å². The second-order valence-corrected chi connectivity index (χ2v) is 7.15. The molecule has 0 saturated heterocycles. The zero-order valence-corrected chi connectivity index (χ0v) is 13.3. The molecule has 8 heteroatoms. The van der Waals surface area contributed by atoms with Gasteiger partial charge in [0.1, 0.15) is 22.9 Å². The van der Waals surface area contributed by atoms with E-state index in [1.54, 1.807) is 24.3 Å². The molecule has 0 aliphatic carbocycles. The lowest BCUT2D eigenvalue weighted by Crippen LogP contribution is -2.18. The van der Waals surface area contributed by atoms with Crippen molar-refractivity contribution in [2.45, 2.75) is 11.8 Å². The van der Waals surface area contributed by atoms with Gasteiger partial charge in [-0.15, -0.1) is 0 Å². The third-order valence-corrected chi connectivity index (χ3v) is 5.05. The van der Waals surface area contributed by atoms with Crippen LogP contribution in [-0.2, 0) is 14.6 Å². The Morgan fingerprint density at radius 1 is 1.30 bits per heavy atom. The Hall–Kier alpha value is -2.48. The van der Waals surface area contributed by atoms with E-state index in [0.29, 0.717) is 18.7 Å². The standard InChI is InChI=1S/C15H15N3O4S/c1-10-2-4-11(5-3-10)15(19)14-12(8-17-18-14)23(20,21)9-13-16-6-7-22-13/h2-5,8H,6-7,9H2,1H3,(H,17,18). The fraction of sp³-hybridized carbons (Fsp3) is 0.267. The fourth-order valence-corrected chi connectivity index (χ4v) is 3.55. The van der Waals surface area contributed by atoms with E-state index in [0.717, 1.165) is 11.8 Å². The van der Waals surface area contributed by atoms with Gasteiger partial charge in [-0.2, -0.15) is 5.10 Å². The quantitative estimate of drug-likeness (QED) is 0.827. The van der Waals surface area contributed by atoms with Gasteiger partial charge in [0.15, 0.2) is 15.7 Å². The number of nitrogens with zero attached hydrogens (tertiary/aromatic N) is 2. The summed E-state index contributed by atoms with van der Waals surface area (Å²) in [5.41, 5.74) is 1.36. The molecular formula is C15H15N3O4S. The molecule has 0 atom stereocenters. The summed E-state index contributed by atoms with van der Waals surface area (Å²) in [4.78, 5) is 16.4. The van der Waals surface area contributed by atoms with Crippen LogP contribution in [0.2, 0.25) is 0 Å². The third kappa shape index (κ3) is 3.16. The smallest absolute Gasteiger partial charge is 0.212 e. The molecule has 1 aliphatic rings. The highest BCUT2D eigenvalue weighted by atomic mass is 32.2. The van der Waals surface area contributed by atoms with Crippen molar-refractivity contribution in [3.8, 4) is 0 Å². The van der Waals surface area contributed by atoms with E-state index in [9.17, 15) is 13.2 Å². The van der Waals surface area contributed by atoms with E-state index in [1.807, 2.05) is 6.92 Å². The van der Waals surface area contributed by atoms with Gasteiger partial charge >= 0.3 is 0 Å². The average Bonchev–Trinajstić information content (AvgIpc) is 3.18. The Morgan fingerprint density at radius 3 is 2.70 bits per heavy atom. The summed E-state index contributed by atoms with van der Waals surface area (Å²) >= 11 is 0. The number of aromatic amines is 1. The summed E-state index contributed by atoms with van der Waals surface area (Å²) in [6, 6.07) is 6.88. The molecule has 120 valence electrons. The Morgan fingerprint density at radius 2 is 2.04 bits per heavy atom. The molecule has 0 unspecified atom stereocenters. The van der Waals surface area contributed by atoms with E-state index in [2.05, 4.69) is 15.2 Å². The van der Waals surface area contributed by atoms with Gasteiger partial charge in [0.05, 0.1) is 12.7 Å². The van der Waals surface area contributed by atoms with Gasteiger partial charge in [0.2, 0.25) is 5.78 Å². The summed E-state index contributed by atoms with van der Waals surface area (Å²) < 4.78 is 30.1. The SMILES string of the molecule is Cc1ccc(C(=O)c2[nH]ncc2S(=O)(=O)CC2=NCCO2)cc1. The Labute approximate surface area is 133 Å². The van der Waals surface area contributed by atoms with Crippen LogP contribution in [0.1, 0.15) is 21.6 Å². The molecule has 0 bridgehead atoms. The lowest BCUT2D eigenvalue weighted by molar-refractivity contribution is 0.103. The summed E-state index contributed by atoms with van der Waals surface area (Å²) in [6.45, 7) is 2.74. The van der Waals surface area contributed by atoms with Gasteiger partial charge in [-0.05, 0) is 6.92 Å². The van der Waals surface area contributed by atoms with Crippen LogP contribution in [0.4, 0.5) is 0 Å². The number of carbonyl (C=O) groups is 1. The summed E-state index contributed by atoms with van der Waals surface area (Å²) in [6.07, 6.45) is 1.15. The first-order valence-corrected chi connectivity index (χ1v) is 8.66. The number of rotatable bonds is 5. The molecule has 2 aromatic rings. The maximum Gasteiger partial charge on any atom is 0.212 e. The molecule has 7 nitrogen and oxygen atoms in total. The zero-order valence-electron chi connectivity index (χ0n) is 12.4. The number of sulfone groups is 1. The average molecular weight is 333 g/mol. The normalized spacial score (nSPS) is 14.4. The van der Waals surface area contributed by atoms with Gasteiger partial charge in [-0.1, -0.05) is 29.8 Å². The zero-order chi connectivity index (χ0) is 16.4. The number of aromatic nitrogens is 2. The molecule has 23 heavy (non-hydrogen) atoms. The summed E-state index contributed by atoms with van der Waals surface area (Å²) in [7, 11) is -3.76. The van der Waals surface area contributed by atoms with Crippen LogP contribution >= 0.6 is 0 Å². The fourth-order valence-electron chi connectivity index (χ4n) is 2.23. The molecule has 1 aliphatic heterocycles. The number of hydrogen-bond acceptors (Lipinski definition) is 6. The molecule has 0 spiro atoms. The molecule has 0 saturated carbocycles. The van der Waals surface area contributed by atoms with Crippen molar-refractivity contribution in [3.63, 3.8) is 0 Å². The Kier molecular flexibility index (Phi) is 3.99. The summed E-state index contributed by atoms with van der Waals surface area (Å²) in [5, 5.41) is 6.21. The van der Waals surface area contributed by atoms with Crippen LogP contribution in [0.5, 0.6) is 0 Å². The van der Waals surface area contributed by atoms with Crippen LogP contribution in [0.15, 0.2) is 40.4 Å². The van der Waals surface area contributed by atoms with Gasteiger partial charge in [0, 0.05) is 5.56 Å². The van der Waals surface area contributed by atoms with Crippen LogP contribution in [0.25, 0.3) is 0 Å². The Balaban J connectivity index is 1.92. The predicted molar refractivity (Wildman–Crippen MR) is 83.5 cm³/mol. The minimum absolute atomic E-state index is 0.0487. The Bertz CT molecular complexity index is 866. The minimum atomic E-state index is -3.76. The van der Waals surface area contributed by atoms with Crippen molar-refractivity contribution >= 4 is 21.5 Å². The highest BCUT2D eigenvalue weighted by Crippen LogP contribution is 2.19. The molecule has 0 fully saturated rings. The molecular weight excluding hydrogens is 318 g/mol. The molecule has 2 heterocycles. The maximum absolute atomic E-state index is 12.5. The maximum atomic E-state index is 12.5. The number of nitrogens with one attached hydrogen (secondary N) is 1. The second-order valence-electron chi connectivity index (χ2n) is 5.19. The van der Waals surface area contributed by atoms with Gasteiger partial charge in [-0.25, -0.2) is 8.42 Å². The van der Waals surface area contributed by atoms with E-state index in [-0.39, 0.29) is 22.2 Å². The number of carbonyl (C=O) groups excluding carboxylic acids is 1. The molecule has 1 aromatic heterocycles. The van der Waals surface area contributed by atoms with Crippen LogP contribution in [-0.4, -0.2) is 49.2 Å². The van der Waals surface area contributed by atoms with Gasteiger partial charge in [0.25, 0.3) is 0 Å². The van der Waals surface area contributed by atoms with Crippen molar-refractivity contribution in [2.75, 3.05) is 18.9 Å². The molecule has 3 rings (SSSR count). The minimum Gasteiger partial charge on any atom is -0.478 e. The van der Waals surface area contributed by atoms with Crippen molar-refractivity contribution in [1.29, 1.82) is 0 Å². The number of aliphatic imine (C=N–C) groups is 1. The first kappa shape index (κ1) is 15.4. The number of ether oxygens (including phenoxy) is 1. The van der Waals surface area contributed by atoms with Gasteiger partial charge in [-0.3, -0.25) is 14.9 Å². The van der Waals surface area contributed by atoms with Crippen LogP contribution < -0.4 is 0 Å². The van der Waals surface area contributed by atoms with E-state index >= 15 is 0 Å². The van der Waals surface area contributed by atoms with Crippen molar-refractivity contribution < 1.29 is 17.9 Å². The van der Waals surface area contributed by atoms with Crippen molar-refractivity contribution in [3.05, 3.63) is 47.3 Å². The third-order valence-electron chi connectivity index (χ3n) is 3.44. The molecule has 1 N–H and O–H groups in total. The summed E-state index contributed by atoms with van der Waals surface area (Å²) in [5.74, 6) is -0.629. The molecule has 0 amide bonds. The number of aryl methyl sites for hydroxylation is 1. The second kappa shape index (κ2) is 5.96. The highest BCUT2D eigenvalue weighted by molar-refractivity contribution is 7.92.